The zero-order valence-electron chi connectivity index (χ0n) is 12.9. The number of benzene rings is 1. The minimum atomic E-state index is 0. The van der Waals surface area contributed by atoms with E-state index in [9.17, 15) is 0 Å². The van der Waals surface area contributed by atoms with E-state index >= 15 is 0 Å². The Kier molecular flexibility index (Phi) is 3.58. The Hall–Kier alpha value is -1.59. The SMILES string of the molecule is Cl.c1cc2c(cc1-c1noc(C3CC34CCNCC4)n1)CCO2. The molecule has 0 bridgehead atoms. The Balaban J connectivity index is 0.00000135. The van der Waals surface area contributed by atoms with Crippen molar-refractivity contribution in [3.05, 3.63) is 29.7 Å². The van der Waals surface area contributed by atoms with Crippen LogP contribution in [-0.2, 0) is 6.42 Å². The first kappa shape index (κ1) is 15.0. The lowest BCUT2D eigenvalue weighted by Gasteiger charge is -2.22. The van der Waals surface area contributed by atoms with Gasteiger partial charge in [0.1, 0.15) is 5.75 Å². The van der Waals surface area contributed by atoms with Gasteiger partial charge in [0, 0.05) is 17.9 Å². The molecule has 1 aliphatic carbocycles. The van der Waals surface area contributed by atoms with Gasteiger partial charge in [-0.2, -0.15) is 4.98 Å². The van der Waals surface area contributed by atoms with E-state index in [1.165, 1.54) is 24.8 Å². The predicted molar refractivity (Wildman–Crippen MR) is 88.1 cm³/mol. The molecule has 1 saturated carbocycles. The van der Waals surface area contributed by atoms with E-state index < -0.39 is 0 Å². The van der Waals surface area contributed by atoms with Crippen molar-refractivity contribution < 1.29 is 9.26 Å². The Labute approximate surface area is 141 Å². The molecule has 1 saturated heterocycles. The average Bonchev–Trinajstić information content (AvgIpc) is 2.99. The summed E-state index contributed by atoms with van der Waals surface area (Å²) in [6, 6.07) is 6.16. The molecule has 3 heterocycles. The summed E-state index contributed by atoms with van der Waals surface area (Å²) in [5.41, 5.74) is 2.70. The second-order valence-electron chi connectivity index (χ2n) is 6.75. The van der Waals surface area contributed by atoms with E-state index in [-0.39, 0.29) is 12.4 Å². The number of hydrogen-bond donors (Lipinski definition) is 1. The highest BCUT2D eigenvalue weighted by molar-refractivity contribution is 5.85. The monoisotopic (exact) mass is 333 g/mol. The van der Waals surface area contributed by atoms with Gasteiger partial charge in [-0.3, -0.25) is 0 Å². The zero-order chi connectivity index (χ0) is 14.6. The van der Waals surface area contributed by atoms with Crippen LogP contribution in [0.5, 0.6) is 5.75 Å². The summed E-state index contributed by atoms with van der Waals surface area (Å²) in [4.78, 5) is 4.68. The maximum absolute atomic E-state index is 5.58. The summed E-state index contributed by atoms with van der Waals surface area (Å²) in [6.45, 7) is 3.00. The Morgan fingerprint density at radius 3 is 2.96 bits per heavy atom. The Bertz CT molecular complexity index is 724. The van der Waals surface area contributed by atoms with Crippen LogP contribution in [0, 0.1) is 5.41 Å². The first-order valence-electron chi connectivity index (χ1n) is 8.15. The highest BCUT2D eigenvalue weighted by Gasteiger charge is 2.57. The number of hydrogen-bond acceptors (Lipinski definition) is 5. The normalized spacial score (nSPS) is 23.9. The van der Waals surface area contributed by atoms with Gasteiger partial charge in [-0.05, 0) is 61.5 Å². The third-order valence-electron chi connectivity index (χ3n) is 5.48. The summed E-state index contributed by atoms with van der Waals surface area (Å²) in [5.74, 6) is 2.99. The lowest BCUT2D eigenvalue weighted by atomic mass is 9.92. The van der Waals surface area contributed by atoms with Crippen LogP contribution in [0.4, 0.5) is 0 Å². The van der Waals surface area contributed by atoms with Crippen LogP contribution in [0.2, 0.25) is 0 Å². The average molecular weight is 334 g/mol. The van der Waals surface area contributed by atoms with Crippen molar-refractivity contribution in [1.29, 1.82) is 0 Å². The molecular formula is C17H20ClN3O2. The molecule has 2 aliphatic heterocycles. The topological polar surface area (TPSA) is 60.2 Å². The fourth-order valence-electron chi connectivity index (χ4n) is 3.99. The smallest absolute Gasteiger partial charge is 0.230 e. The van der Waals surface area contributed by atoms with Gasteiger partial charge < -0.3 is 14.6 Å². The third-order valence-corrected chi connectivity index (χ3v) is 5.48. The highest BCUT2D eigenvalue weighted by atomic mass is 35.5. The second kappa shape index (κ2) is 5.49. The Morgan fingerprint density at radius 1 is 1.22 bits per heavy atom. The van der Waals surface area contributed by atoms with Gasteiger partial charge in [-0.15, -0.1) is 12.4 Å². The predicted octanol–water partition coefficient (Wildman–Crippen LogP) is 2.95. The molecule has 6 heteroatoms. The Morgan fingerprint density at radius 2 is 2.09 bits per heavy atom. The van der Waals surface area contributed by atoms with E-state index in [0.29, 0.717) is 17.2 Å². The lowest BCUT2D eigenvalue weighted by Crippen LogP contribution is -2.29. The van der Waals surface area contributed by atoms with Crippen molar-refractivity contribution >= 4 is 12.4 Å². The van der Waals surface area contributed by atoms with Crippen LogP contribution in [0.1, 0.15) is 36.6 Å². The molecule has 5 nitrogen and oxygen atoms in total. The summed E-state index contributed by atoms with van der Waals surface area (Å²) in [6.07, 6.45) is 4.62. The standard InChI is InChI=1S/C17H19N3O2.ClH/c1-2-14-11(3-8-21-14)9-12(1)15-19-16(22-20-15)13-10-17(13)4-6-18-7-5-17;/h1-2,9,13,18H,3-8,10H2;1H. The molecule has 2 aromatic rings. The number of fused-ring (bicyclic) bond motifs is 1. The molecule has 0 amide bonds. The summed E-state index contributed by atoms with van der Waals surface area (Å²) in [5, 5.41) is 7.64. The quantitative estimate of drug-likeness (QED) is 0.915. The van der Waals surface area contributed by atoms with Gasteiger partial charge in [0.2, 0.25) is 11.7 Å². The highest BCUT2D eigenvalue weighted by Crippen LogP contribution is 2.63. The molecule has 1 aromatic heterocycles. The second-order valence-corrected chi connectivity index (χ2v) is 6.75. The van der Waals surface area contributed by atoms with Crippen LogP contribution in [0.3, 0.4) is 0 Å². The first-order valence-corrected chi connectivity index (χ1v) is 8.15. The summed E-state index contributed by atoms with van der Waals surface area (Å²) >= 11 is 0. The van der Waals surface area contributed by atoms with E-state index in [1.807, 2.05) is 12.1 Å². The van der Waals surface area contributed by atoms with Gasteiger partial charge in [0.05, 0.1) is 6.61 Å². The van der Waals surface area contributed by atoms with Crippen LogP contribution in [-0.4, -0.2) is 29.8 Å². The maximum atomic E-state index is 5.58. The van der Waals surface area contributed by atoms with Crippen LogP contribution in [0.15, 0.2) is 22.7 Å². The van der Waals surface area contributed by atoms with Crippen molar-refractivity contribution in [2.75, 3.05) is 19.7 Å². The van der Waals surface area contributed by atoms with Crippen LogP contribution in [0.25, 0.3) is 11.4 Å². The van der Waals surface area contributed by atoms with Crippen molar-refractivity contribution in [1.82, 2.24) is 15.5 Å². The third kappa shape index (κ3) is 2.42. The number of nitrogens with zero attached hydrogens (tertiary/aromatic N) is 2. The van der Waals surface area contributed by atoms with Crippen LogP contribution >= 0.6 is 12.4 Å². The van der Waals surface area contributed by atoms with Gasteiger partial charge in [0.25, 0.3) is 0 Å². The van der Waals surface area contributed by atoms with Gasteiger partial charge in [-0.1, -0.05) is 5.16 Å². The minimum absolute atomic E-state index is 0. The molecule has 3 aliphatic rings. The molecule has 2 fully saturated rings. The van der Waals surface area contributed by atoms with Crippen molar-refractivity contribution in [3.63, 3.8) is 0 Å². The number of nitrogens with one attached hydrogen (secondary N) is 1. The molecule has 0 radical (unpaired) electrons. The van der Waals surface area contributed by atoms with Crippen molar-refractivity contribution in [3.8, 4) is 17.1 Å². The van der Waals surface area contributed by atoms with E-state index in [2.05, 4.69) is 21.5 Å². The van der Waals surface area contributed by atoms with E-state index in [0.717, 1.165) is 43.3 Å². The maximum Gasteiger partial charge on any atom is 0.230 e. The molecular weight excluding hydrogens is 314 g/mol. The van der Waals surface area contributed by atoms with Gasteiger partial charge >= 0.3 is 0 Å². The van der Waals surface area contributed by atoms with Gasteiger partial charge in [-0.25, -0.2) is 0 Å². The van der Waals surface area contributed by atoms with Crippen molar-refractivity contribution in [2.45, 2.75) is 31.6 Å². The summed E-state index contributed by atoms with van der Waals surface area (Å²) < 4.78 is 11.1. The number of rotatable bonds is 2. The molecule has 1 spiro atoms. The molecule has 1 N–H and O–H groups in total. The van der Waals surface area contributed by atoms with Crippen molar-refractivity contribution in [2.24, 2.45) is 5.41 Å². The number of aromatic nitrogens is 2. The van der Waals surface area contributed by atoms with E-state index in [4.69, 9.17) is 9.26 Å². The van der Waals surface area contributed by atoms with E-state index in [1.54, 1.807) is 0 Å². The molecule has 5 rings (SSSR count). The molecule has 1 atom stereocenters. The number of ether oxygens (including phenoxy) is 1. The zero-order valence-corrected chi connectivity index (χ0v) is 13.7. The number of halogens is 1. The number of piperidine rings is 1. The lowest BCUT2D eigenvalue weighted by molar-refractivity contribution is 0.311. The van der Waals surface area contributed by atoms with Gasteiger partial charge in [0.15, 0.2) is 0 Å². The van der Waals surface area contributed by atoms with Crippen LogP contribution < -0.4 is 10.1 Å². The first-order chi connectivity index (χ1) is 10.8. The molecule has 23 heavy (non-hydrogen) atoms. The molecule has 1 unspecified atom stereocenters. The molecule has 1 aromatic carbocycles. The molecule has 122 valence electrons. The fraction of sp³-hybridized carbons (Fsp3) is 0.529. The summed E-state index contributed by atoms with van der Waals surface area (Å²) in [7, 11) is 0. The fourth-order valence-corrected chi connectivity index (χ4v) is 3.99. The largest absolute Gasteiger partial charge is 0.493 e. The minimum Gasteiger partial charge on any atom is -0.493 e.